The number of anilines is 1. The summed E-state index contributed by atoms with van der Waals surface area (Å²) < 4.78 is 42.0. The van der Waals surface area contributed by atoms with Gasteiger partial charge in [-0.25, -0.2) is 0 Å². The number of carbonyl (C=O) groups excluding carboxylic acids is 1. The van der Waals surface area contributed by atoms with Crippen LogP contribution in [0.25, 0.3) is 0 Å². The molecule has 5 nitrogen and oxygen atoms in total. The van der Waals surface area contributed by atoms with Crippen molar-refractivity contribution in [3.63, 3.8) is 0 Å². The highest BCUT2D eigenvalue weighted by Crippen LogP contribution is 2.31. The topological polar surface area (TPSA) is 78.9 Å². The molecule has 0 saturated heterocycles. The van der Waals surface area contributed by atoms with E-state index in [9.17, 15) is 18.0 Å². The fourth-order valence-electron chi connectivity index (χ4n) is 1.44. The van der Waals surface area contributed by atoms with Gasteiger partial charge in [0.1, 0.15) is 12.3 Å². The molecule has 1 N–H and O–H groups in total. The van der Waals surface area contributed by atoms with Crippen LogP contribution < -0.4 is 5.32 Å². The lowest BCUT2D eigenvalue weighted by atomic mass is 10.1. The van der Waals surface area contributed by atoms with Crippen molar-refractivity contribution >= 4 is 11.6 Å². The molecule has 1 aromatic heterocycles. The first kappa shape index (κ1) is 13.6. The molecule has 8 heteroatoms. The number of halogens is 3. The highest BCUT2D eigenvalue weighted by Gasteiger charge is 2.31. The second kappa shape index (κ2) is 5.05. The van der Waals surface area contributed by atoms with Gasteiger partial charge in [-0.3, -0.25) is 4.79 Å². The zero-order valence-electron chi connectivity index (χ0n) is 9.73. The molecule has 0 spiro atoms. The second-order valence-corrected chi connectivity index (χ2v) is 3.71. The van der Waals surface area contributed by atoms with Crippen LogP contribution >= 0.6 is 0 Å². The maximum absolute atomic E-state index is 12.5. The summed E-state index contributed by atoms with van der Waals surface area (Å²) in [7, 11) is 0. The lowest BCUT2D eigenvalue weighted by Gasteiger charge is -2.10. The van der Waals surface area contributed by atoms with Crippen molar-refractivity contribution in [2.45, 2.75) is 6.18 Å². The molecular formula is C12H6F3N3O2. The average molecular weight is 281 g/mol. The summed E-state index contributed by atoms with van der Waals surface area (Å²) in [5, 5.41) is 14.5. The minimum Gasteiger partial charge on any atom is -0.364 e. The Labute approximate surface area is 110 Å². The Morgan fingerprint density at radius 2 is 2.10 bits per heavy atom. The molecule has 2 aromatic rings. The number of benzene rings is 1. The van der Waals surface area contributed by atoms with Gasteiger partial charge in [-0.15, -0.1) is 0 Å². The summed E-state index contributed by atoms with van der Waals surface area (Å²) in [6.45, 7) is 0. The number of amides is 1. The van der Waals surface area contributed by atoms with E-state index in [2.05, 4.69) is 15.0 Å². The Balaban J connectivity index is 2.29. The van der Waals surface area contributed by atoms with Crippen molar-refractivity contribution in [1.82, 2.24) is 5.16 Å². The first-order chi connectivity index (χ1) is 9.41. The second-order valence-electron chi connectivity index (χ2n) is 3.71. The number of hydrogen-bond donors (Lipinski definition) is 1. The summed E-state index contributed by atoms with van der Waals surface area (Å²) in [6.07, 6.45) is -3.38. The number of carbonyl (C=O) groups is 1. The third-order valence-corrected chi connectivity index (χ3v) is 2.39. The number of aromatic nitrogens is 1. The third-order valence-electron chi connectivity index (χ3n) is 2.39. The van der Waals surface area contributed by atoms with Gasteiger partial charge in [0, 0.05) is 6.07 Å². The third kappa shape index (κ3) is 2.77. The summed E-state index contributed by atoms with van der Waals surface area (Å²) >= 11 is 0. The Morgan fingerprint density at radius 3 is 2.65 bits per heavy atom. The molecule has 1 aromatic carbocycles. The van der Waals surface area contributed by atoms with Gasteiger partial charge in [-0.05, 0) is 18.2 Å². The summed E-state index contributed by atoms with van der Waals surface area (Å²) in [5.41, 5.74) is -1.34. The number of nitrogens with zero attached hydrogens (tertiary/aromatic N) is 2. The number of hydrogen-bond acceptors (Lipinski definition) is 4. The zero-order chi connectivity index (χ0) is 14.8. The van der Waals surface area contributed by atoms with Crippen LogP contribution in [-0.4, -0.2) is 11.1 Å². The molecule has 0 aliphatic carbocycles. The largest absolute Gasteiger partial charge is 0.416 e. The normalized spacial score (nSPS) is 10.9. The van der Waals surface area contributed by atoms with E-state index in [-0.39, 0.29) is 16.9 Å². The molecule has 0 aliphatic rings. The van der Waals surface area contributed by atoms with Gasteiger partial charge in [0.2, 0.25) is 0 Å². The van der Waals surface area contributed by atoms with Gasteiger partial charge >= 0.3 is 6.18 Å². The highest BCUT2D eigenvalue weighted by atomic mass is 19.4. The maximum Gasteiger partial charge on any atom is 0.416 e. The SMILES string of the molecule is N#Cc1cc(C(F)(F)F)ccc1NC(=O)c1ccon1. The summed E-state index contributed by atoms with van der Waals surface area (Å²) in [4.78, 5) is 11.7. The maximum atomic E-state index is 12.5. The van der Waals surface area contributed by atoms with E-state index in [0.29, 0.717) is 6.07 Å². The molecule has 1 amide bonds. The van der Waals surface area contributed by atoms with Gasteiger partial charge in [-0.2, -0.15) is 18.4 Å². The van der Waals surface area contributed by atoms with Gasteiger partial charge in [-0.1, -0.05) is 5.16 Å². The predicted octanol–water partition coefficient (Wildman–Crippen LogP) is 2.82. The zero-order valence-corrected chi connectivity index (χ0v) is 9.73. The standard InChI is InChI=1S/C12H6F3N3O2/c13-12(14,15)8-1-2-9(7(5-8)6-16)17-11(19)10-3-4-20-18-10/h1-5H,(H,17,19). The molecule has 0 fully saturated rings. The number of nitriles is 1. The Kier molecular flexibility index (Phi) is 3.43. The van der Waals surface area contributed by atoms with Gasteiger partial charge in [0.05, 0.1) is 16.8 Å². The first-order valence-electron chi connectivity index (χ1n) is 5.25. The van der Waals surface area contributed by atoms with E-state index >= 15 is 0 Å². The van der Waals surface area contributed by atoms with Crippen LogP contribution in [0.5, 0.6) is 0 Å². The lowest BCUT2D eigenvalue weighted by Crippen LogP contribution is -2.14. The highest BCUT2D eigenvalue weighted by molar-refractivity contribution is 6.03. The van der Waals surface area contributed by atoms with Crippen LogP contribution in [0.2, 0.25) is 0 Å². The van der Waals surface area contributed by atoms with Crippen LogP contribution in [0, 0.1) is 11.3 Å². The van der Waals surface area contributed by atoms with Crippen molar-refractivity contribution in [1.29, 1.82) is 5.26 Å². The molecule has 20 heavy (non-hydrogen) atoms. The molecule has 0 radical (unpaired) electrons. The van der Waals surface area contributed by atoms with E-state index < -0.39 is 17.6 Å². The first-order valence-corrected chi connectivity index (χ1v) is 5.25. The molecule has 0 unspecified atom stereocenters. The van der Waals surface area contributed by atoms with E-state index in [1.165, 1.54) is 12.3 Å². The van der Waals surface area contributed by atoms with Crippen LogP contribution in [0.3, 0.4) is 0 Å². The number of rotatable bonds is 2. The van der Waals surface area contributed by atoms with Crippen molar-refractivity contribution in [2.24, 2.45) is 0 Å². The molecule has 2 rings (SSSR count). The van der Waals surface area contributed by atoms with Crippen LogP contribution in [0.4, 0.5) is 18.9 Å². The molecular weight excluding hydrogens is 275 g/mol. The van der Waals surface area contributed by atoms with Crippen molar-refractivity contribution in [3.05, 3.63) is 47.3 Å². The smallest absolute Gasteiger partial charge is 0.364 e. The Bertz CT molecular complexity index is 672. The number of nitrogens with one attached hydrogen (secondary N) is 1. The summed E-state index contributed by atoms with van der Waals surface area (Å²) in [6, 6.07) is 5.34. The van der Waals surface area contributed by atoms with E-state index in [1.807, 2.05) is 0 Å². The van der Waals surface area contributed by atoms with E-state index in [1.54, 1.807) is 6.07 Å². The summed E-state index contributed by atoms with van der Waals surface area (Å²) in [5.74, 6) is -0.685. The fraction of sp³-hybridized carbons (Fsp3) is 0.0833. The average Bonchev–Trinajstić information content (AvgIpc) is 2.91. The minimum absolute atomic E-state index is 0.0338. The van der Waals surface area contributed by atoms with Crippen LogP contribution in [-0.2, 0) is 6.18 Å². The molecule has 102 valence electrons. The predicted molar refractivity (Wildman–Crippen MR) is 60.6 cm³/mol. The molecule has 0 saturated carbocycles. The molecule has 1 heterocycles. The number of alkyl halides is 3. The monoisotopic (exact) mass is 281 g/mol. The Morgan fingerprint density at radius 1 is 1.35 bits per heavy atom. The van der Waals surface area contributed by atoms with Gasteiger partial charge in [0.15, 0.2) is 5.69 Å². The molecule has 0 bridgehead atoms. The van der Waals surface area contributed by atoms with Gasteiger partial charge in [0.25, 0.3) is 5.91 Å². The van der Waals surface area contributed by atoms with Crippen LogP contribution in [0.1, 0.15) is 21.6 Å². The van der Waals surface area contributed by atoms with Crippen molar-refractivity contribution in [2.75, 3.05) is 5.32 Å². The van der Waals surface area contributed by atoms with E-state index in [0.717, 1.165) is 12.1 Å². The van der Waals surface area contributed by atoms with Crippen molar-refractivity contribution < 1.29 is 22.5 Å². The molecule has 0 atom stereocenters. The van der Waals surface area contributed by atoms with E-state index in [4.69, 9.17) is 5.26 Å². The lowest BCUT2D eigenvalue weighted by molar-refractivity contribution is -0.137. The fourth-order valence-corrected chi connectivity index (χ4v) is 1.44. The Hall–Kier alpha value is -2.82. The van der Waals surface area contributed by atoms with Crippen LogP contribution in [0.15, 0.2) is 35.1 Å². The molecule has 0 aliphatic heterocycles. The minimum atomic E-state index is -4.56. The van der Waals surface area contributed by atoms with Crippen molar-refractivity contribution in [3.8, 4) is 6.07 Å². The van der Waals surface area contributed by atoms with Gasteiger partial charge < -0.3 is 9.84 Å². The quantitative estimate of drug-likeness (QED) is 0.918.